The van der Waals surface area contributed by atoms with Crippen molar-refractivity contribution in [2.24, 2.45) is 5.73 Å². The summed E-state index contributed by atoms with van der Waals surface area (Å²) in [6.45, 7) is 1.59. The Morgan fingerprint density at radius 1 is 1.04 bits per heavy atom. The molecule has 3 rings (SSSR count). The van der Waals surface area contributed by atoms with E-state index in [-0.39, 0.29) is 11.9 Å². The standard InChI is InChI=1S/C18H19N7O/c1-12(19)17(26)24-18-21-11-9-15(23-18)25(2)14-8-10-20-16(22-14)13-6-4-3-5-7-13/h3-12H,19H2,1-2H3,(H,21,23,24,26). The maximum Gasteiger partial charge on any atom is 0.243 e. The second-order valence-electron chi connectivity index (χ2n) is 5.68. The summed E-state index contributed by atoms with van der Waals surface area (Å²) in [6, 6.07) is 12.6. The highest BCUT2D eigenvalue weighted by Gasteiger charge is 2.13. The van der Waals surface area contributed by atoms with E-state index in [4.69, 9.17) is 5.73 Å². The van der Waals surface area contributed by atoms with Gasteiger partial charge in [0.25, 0.3) is 0 Å². The van der Waals surface area contributed by atoms with Crippen molar-refractivity contribution in [1.29, 1.82) is 0 Å². The monoisotopic (exact) mass is 349 g/mol. The van der Waals surface area contributed by atoms with E-state index in [0.717, 1.165) is 5.56 Å². The van der Waals surface area contributed by atoms with Crippen LogP contribution in [0.15, 0.2) is 54.9 Å². The molecule has 0 aliphatic heterocycles. The molecule has 132 valence electrons. The largest absolute Gasteiger partial charge is 0.320 e. The minimum atomic E-state index is -0.643. The zero-order valence-electron chi connectivity index (χ0n) is 14.5. The number of nitrogens with two attached hydrogens (primary N) is 1. The van der Waals surface area contributed by atoms with Crippen molar-refractivity contribution < 1.29 is 4.79 Å². The fourth-order valence-electron chi connectivity index (χ4n) is 2.20. The molecule has 0 aliphatic carbocycles. The van der Waals surface area contributed by atoms with Gasteiger partial charge in [-0.2, -0.15) is 4.98 Å². The second-order valence-corrected chi connectivity index (χ2v) is 5.68. The van der Waals surface area contributed by atoms with Gasteiger partial charge in [0, 0.05) is 25.0 Å². The van der Waals surface area contributed by atoms with Gasteiger partial charge in [0.1, 0.15) is 11.6 Å². The Morgan fingerprint density at radius 3 is 2.38 bits per heavy atom. The summed E-state index contributed by atoms with van der Waals surface area (Å²) >= 11 is 0. The first-order valence-electron chi connectivity index (χ1n) is 8.06. The lowest BCUT2D eigenvalue weighted by molar-refractivity contribution is -0.117. The number of carbonyl (C=O) groups excluding carboxylic acids is 1. The number of benzene rings is 1. The Kier molecular flexibility index (Phi) is 5.14. The molecule has 26 heavy (non-hydrogen) atoms. The molecule has 0 radical (unpaired) electrons. The van der Waals surface area contributed by atoms with E-state index in [1.165, 1.54) is 0 Å². The van der Waals surface area contributed by atoms with Crippen LogP contribution in [-0.2, 0) is 4.79 Å². The lowest BCUT2D eigenvalue weighted by atomic mass is 10.2. The molecule has 0 spiro atoms. The summed E-state index contributed by atoms with van der Waals surface area (Å²) in [5.74, 6) is 1.71. The predicted octanol–water partition coefficient (Wildman–Crippen LogP) is 1.99. The third kappa shape index (κ3) is 3.98. The van der Waals surface area contributed by atoms with Gasteiger partial charge in [-0.1, -0.05) is 30.3 Å². The van der Waals surface area contributed by atoms with E-state index >= 15 is 0 Å². The van der Waals surface area contributed by atoms with Crippen molar-refractivity contribution >= 4 is 23.5 Å². The van der Waals surface area contributed by atoms with Crippen LogP contribution < -0.4 is 16.0 Å². The van der Waals surface area contributed by atoms with Crippen LogP contribution in [0.3, 0.4) is 0 Å². The lowest BCUT2D eigenvalue weighted by Crippen LogP contribution is -2.33. The van der Waals surface area contributed by atoms with E-state index in [0.29, 0.717) is 17.5 Å². The van der Waals surface area contributed by atoms with Gasteiger partial charge in [0.05, 0.1) is 6.04 Å². The van der Waals surface area contributed by atoms with Crippen LogP contribution in [0.2, 0.25) is 0 Å². The molecule has 0 aliphatic rings. The smallest absolute Gasteiger partial charge is 0.243 e. The van der Waals surface area contributed by atoms with E-state index in [1.54, 1.807) is 36.4 Å². The molecule has 0 saturated heterocycles. The first-order valence-corrected chi connectivity index (χ1v) is 8.06. The van der Waals surface area contributed by atoms with Crippen LogP contribution in [0.5, 0.6) is 0 Å². The number of hydrogen-bond donors (Lipinski definition) is 2. The van der Waals surface area contributed by atoms with Crippen LogP contribution in [0.4, 0.5) is 17.6 Å². The van der Waals surface area contributed by atoms with Gasteiger partial charge in [-0.25, -0.2) is 15.0 Å². The van der Waals surface area contributed by atoms with E-state index in [2.05, 4.69) is 25.3 Å². The topological polar surface area (TPSA) is 110 Å². The van der Waals surface area contributed by atoms with Crippen LogP contribution in [0, 0.1) is 0 Å². The van der Waals surface area contributed by atoms with Gasteiger partial charge in [0.15, 0.2) is 5.82 Å². The van der Waals surface area contributed by atoms with Crippen molar-refractivity contribution in [3.05, 3.63) is 54.9 Å². The zero-order valence-corrected chi connectivity index (χ0v) is 14.5. The Balaban J connectivity index is 1.86. The Morgan fingerprint density at radius 2 is 1.69 bits per heavy atom. The van der Waals surface area contributed by atoms with Crippen molar-refractivity contribution in [3.63, 3.8) is 0 Å². The zero-order chi connectivity index (χ0) is 18.5. The molecule has 0 saturated carbocycles. The summed E-state index contributed by atoms with van der Waals surface area (Å²) in [4.78, 5) is 30.8. The molecule has 1 unspecified atom stereocenters. The number of rotatable bonds is 5. The molecule has 8 nitrogen and oxygen atoms in total. The molecule has 1 amide bonds. The van der Waals surface area contributed by atoms with Crippen LogP contribution >= 0.6 is 0 Å². The summed E-state index contributed by atoms with van der Waals surface area (Å²) in [5, 5.41) is 2.58. The number of hydrogen-bond acceptors (Lipinski definition) is 7. The SMILES string of the molecule is CC(N)C(=O)Nc1nccc(N(C)c2ccnc(-c3ccccc3)n2)n1. The van der Waals surface area contributed by atoms with Crippen LogP contribution in [-0.4, -0.2) is 38.9 Å². The third-order valence-corrected chi connectivity index (χ3v) is 3.65. The molecule has 1 aromatic carbocycles. The van der Waals surface area contributed by atoms with E-state index in [1.807, 2.05) is 37.4 Å². The molecule has 3 aromatic rings. The van der Waals surface area contributed by atoms with E-state index in [9.17, 15) is 4.79 Å². The summed E-state index contributed by atoms with van der Waals surface area (Å²) in [5.41, 5.74) is 6.48. The summed E-state index contributed by atoms with van der Waals surface area (Å²) < 4.78 is 0. The first-order chi connectivity index (χ1) is 12.5. The van der Waals surface area contributed by atoms with Crippen molar-refractivity contribution in [2.75, 3.05) is 17.3 Å². The minimum Gasteiger partial charge on any atom is -0.320 e. The van der Waals surface area contributed by atoms with Crippen LogP contribution in [0.1, 0.15) is 6.92 Å². The molecule has 3 N–H and O–H groups in total. The van der Waals surface area contributed by atoms with Gasteiger partial charge in [0.2, 0.25) is 11.9 Å². The molecule has 0 fully saturated rings. The van der Waals surface area contributed by atoms with Crippen molar-refractivity contribution in [3.8, 4) is 11.4 Å². The highest BCUT2D eigenvalue weighted by atomic mass is 16.2. The Bertz CT molecular complexity index is 899. The van der Waals surface area contributed by atoms with Gasteiger partial charge in [-0.05, 0) is 19.1 Å². The molecular weight excluding hydrogens is 330 g/mol. The van der Waals surface area contributed by atoms with Gasteiger partial charge in [-0.3, -0.25) is 10.1 Å². The first kappa shape index (κ1) is 17.4. The third-order valence-electron chi connectivity index (χ3n) is 3.65. The number of anilines is 3. The number of aromatic nitrogens is 4. The van der Waals surface area contributed by atoms with Gasteiger partial charge in [-0.15, -0.1) is 0 Å². The Hall–Kier alpha value is -3.39. The minimum absolute atomic E-state index is 0.189. The molecule has 2 heterocycles. The molecule has 2 aromatic heterocycles. The number of nitrogens with zero attached hydrogens (tertiary/aromatic N) is 5. The van der Waals surface area contributed by atoms with Crippen molar-refractivity contribution in [2.45, 2.75) is 13.0 Å². The fraction of sp³-hybridized carbons (Fsp3) is 0.167. The number of nitrogens with one attached hydrogen (secondary N) is 1. The Labute approximate surface area is 151 Å². The van der Waals surface area contributed by atoms with Crippen molar-refractivity contribution in [1.82, 2.24) is 19.9 Å². The molecular formula is C18H19N7O. The van der Waals surface area contributed by atoms with E-state index < -0.39 is 6.04 Å². The highest BCUT2D eigenvalue weighted by molar-refractivity contribution is 5.92. The highest BCUT2D eigenvalue weighted by Crippen LogP contribution is 2.22. The lowest BCUT2D eigenvalue weighted by Gasteiger charge is -2.18. The van der Waals surface area contributed by atoms with Crippen LogP contribution in [0.25, 0.3) is 11.4 Å². The molecule has 8 heteroatoms. The maximum atomic E-state index is 11.7. The van der Waals surface area contributed by atoms with Gasteiger partial charge >= 0.3 is 0 Å². The van der Waals surface area contributed by atoms with Gasteiger partial charge < -0.3 is 10.6 Å². The maximum absolute atomic E-state index is 11.7. The second kappa shape index (κ2) is 7.66. The average molecular weight is 349 g/mol. The summed E-state index contributed by atoms with van der Waals surface area (Å²) in [7, 11) is 1.83. The summed E-state index contributed by atoms with van der Waals surface area (Å²) in [6.07, 6.45) is 3.26. The molecule has 1 atom stereocenters. The predicted molar refractivity (Wildman–Crippen MR) is 99.8 cm³/mol. The number of carbonyl (C=O) groups is 1. The molecule has 0 bridgehead atoms. The average Bonchev–Trinajstić information content (AvgIpc) is 2.68. The quantitative estimate of drug-likeness (QED) is 0.725. The normalized spacial score (nSPS) is 11.7. The fourth-order valence-corrected chi connectivity index (χ4v) is 2.20. The number of amides is 1.